The van der Waals surface area contributed by atoms with E-state index in [9.17, 15) is 9.59 Å². The molecular weight excluding hydrogens is 288 g/mol. The van der Waals surface area contributed by atoms with E-state index in [0.29, 0.717) is 18.5 Å². The fourth-order valence-electron chi connectivity index (χ4n) is 2.69. The first-order valence-electron chi connectivity index (χ1n) is 7.03. The number of methoxy groups -OCH3 is 2. The third-order valence-corrected chi connectivity index (χ3v) is 3.80. The van der Waals surface area contributed by atoms with Crippen molar-refractivity contribution in [2.75, 3.05) is 20.8 Å². The Kier molecular flexibility index (Phi) is 4.97. The van der Waals surface area contributed by atoms with Crippen molar-refractivity contribution in [1.29, 1.82) is 0 Å². The molecule has 0 aromatic carbocycles. The molecule has 1 saturated heterocycles. The van der Waals surface area contributed by atoms with Crippen molar-refractivity contribution in [3.63, 3.8) is 0 Å². The first kappa shape index (κ1) is 16.2. The van der Waals surface area contributed by atoms with E-state index in [1.807, 2.05) is 0 Å². The van der Waals surface area contributed by atoms with Crippen LogP contribution in [0.2, 0.25) is 0 Å². The highest BCUT2D eigenvalue weighted by Crippen LogP contribution is 2.27. The van der Waals surface area contributed by atoms with Gasteiger partial charge in [-0.2, -0.15) is 0 Å². The first-order valence-corrected chi connectivity index (χ1v) is 7.03. The van der Waals surface area contributed by atoms with Crippen LogP contribution in [0.25, 0.3) is 0 Å². The highest BCUT2D eigenvalue weighted by Gasteiger charge is 2.37. The molecular formula is C15H20N2O5. The standard InChI is InChI=1S/C15H20N2O5/c1-9-4-5-12(14(16-9)22-3)15(20)17-8-11(21-2)6-10(17)7-13(18)19/h4-5,10-11H,6-8H2,1-3H3,(H,18,19). The van der Waals surface area contributed by atoms with Gasteiger partial charge >= 0.3 is 5.97 Å². The molecule has 0 spiro atoms. The summed E-state index contributed by atoms with van der Waals surface area (Å²) in [5, 5.41) is 9.02. The van der Waals surface area contributed by atoms with E-state index in [1.165, 1.54) is 12.0 Å². The zero-order chi connectivity index (χ0) is 16.3. The normalized spacial score (nSPS) is 21.0. The number of rotatable bonds is 5. The van der Waals surface area contributed by atoms with E-state index in [1.54, 1.807) is 26.2 Å². The van der Waals surface area contributed by atoms with Crippen LogP contribution in [-0.2, 0) is 9.53 Å². The number of hydrogen-bond acceptors (Lipinski definition) is 5. The molecule has 2 rings (SSSR count). The minimum Gasteiger partial charge on any atom is -0.481 e. The van der Waals surface area contributed by atoms with E-state index in [2.05, 4.69) is 4.98 Å². The molecule has 1 aromatic heterocycles. The van der Waals surface area contributed by atoms with Crippen LogP contribution in [0, 0.1) is 6.92 Å². The van der Waals surface area contributed by atoms with Crippen LogP contribution in [0.15, 0.2) is 12.1 Å². The van der Waals surface area contributed by atoms with Crippen molar-refractivity contribution in [2.45, 2.75) is 31.9 Å². The summed E-state index contributed by atoms with van der Waals surface area (Å²) < 4.78 is 10.5. The molecule has 1 aromatic rings. The van der Waals surface area contributed by atoms with E-state index < -0.39 is 5.97 Å². The number of carbonyl (C=O) groups is 2. The number of likely N-dealkylation sites (tertiary alicyclic amines) is 1. The number of aryl methyl sites for hydroxylation is 1. The number of carbonyl (C=O) groups excluding carboxylic acids is 1. The Bertz CT molecular complexity index is 575. The molecule has 120 valence electrons. The quantitative estimate of drug-likeness (QED) is 0.876. The SMILES string of the molecule is COc1nc(C)ccc1C(=O)N1CC(OC)CC1CC(=O)O. The second-order valence-corrected chi connectivity index (χ2v) is 5.31. The molecule has 1 N–H and O–H groups in total. The number of ether oxygens (including phenoxy) is 2. The van der Waals surface area contributed by atoms with Gasteiger partial charge in [0.05, 0.1) is 19.6 Å². The summed E-state index contributed by atoms with van der Waals surface area (Å²) in [5.74, 6) is -0.969. The van der Waals surface area contributed by atoms with Crippen LogP contribution in [0.1, 0.15) is 28.9 Å². The Labute approximate surface area is 128 Å². The monoisotopic (exact) mass is 308 g/mol. The van der Waals surface area contributed by atoms with Crippen molar-refractivity contribution in [2.24, 2.45) is 0 Å². The lowest BCUT2D eigenvalue weighted by molar-refractivity contribution is -0.137. The number of pyridine rings is 1. The van der Waals surface area contributed by atoms with Crippen molar-refractivity contribution < 1.29 is 24.2 Å². The number of amides is 1. The minimum atomic E-state index is -0.937. The van der Waals surface area contributed by atoms with Gasteiger partial charge in [0.2, 0.25) is 5.88 Å². The van der Waals surface area contributed by atoms with E-state index in [0.717, 1.165) is 5.69 Å². The minimum absolute atomic E-state index is 0.104. The smallest absolute Gasteiger partial charge is 0.305 e. The highest BCUT2D eigenvalue weighted by molar-refractivity contribution is 5.97. The van der Waals surface area contributed by atoms with Gasteiger partial charge in [0, 0.05) is 25.4 Å². The molecule has 1 aliphatic heterocycles. The first-order chi connectivity index (χ1) is 10.5. The average Bonchev–Trinajstić information content (AvgIpc) is 2.88. The lowest BCUT2D eigenvalue weighted by Gasteiger charge is -2.23. The van der Waals surface area contributed by atoms with Gasteiger partial charge in [0.1, 0.15) is 5.56 Å². The van der Waals surface area contributed by atoms with Crippen molar-refractivity contribution in [3.8, 4) is 5.88 Å². The van der Waals surface area contributed by atoms with Crippen molar-refractivity contribution in [3.05, 3.63) is 23.4 Å². The predicted molar refractivity (Wildman–Crippen MR) is 78.0 cm³/mol. The van der Waals surface area contributed by atoms with Gasteiger partial charge in [-0.05, 0) is 25.5 Å². The Balaban J connectivity index is 2.28. The van der Waals surface area contributed by atoms with Crippen molar-refractivity contribution >= 4 is 11.9 Å². The Morgan fingerprint density at radius 1 is 1.41 bits per heavy atom. The van der Waals surface area contributed by atoms with Gasteiger partial charge < -0.3 is 19.5 Å². The molecule has 0 radical (unpaired) electrons. The summed E-state index contributed by atoms with van der Waals surface area (Å²) in [5.41, 5.74) is 1.08. The van der Waals surface area contributed by atoms with Crippen molar-refractivity contribution in [1.82, 2.24) is 9.88 Å². The summed E-state index contributed by atoms with van der Waals surface area (Å²) in [6.07, 6.45) is 0.251. The maximum absolute atomic E-state index is 12.7. The topological polar surface area (TPSA) is 89.0 Å². The lowest BCUT2D eigenvalue weighted by atomic mass is 10.1. The Morgan fingerprint density at radius 2 is 2.14 bits per heavy atom. The van der Waals surface area contributed by atoms with Crippen LogP contribution < -0.4 is 4.74 Å². The second kappa shape index (κ2) is 6.74. The molecule has 22 heavy (non-hydrogen) atoms. The van der Waals surface area contributed by atoms with Crippen LogP contribution >= 0.6 is 0 Å². The van der Waals surface area contributed by atoms with Crippen LogP contribution in [-0.4, -0.2) is 59.8 Å². The molecule has 0 aliphatic carbocycles. The molecule has 1 aliphatic rings. The van der Waals surface area contributed by atoms with Gasteiger partial charge in [-0.15, -0.1) is 0 Å². The second-order valence-electron chi connectivity index (χ2n) is 5.31. The molecule has 0 saturated carbocycles. The Morgan fingerprint density at radius 3 is 2.73 bits per heavy atom. The number of hydrogen-bond donors (Lipinski definition) is 1. The fourth-order valence-corrected chi connectivity index (χ4v) is 2.69. The van der Waals surface area contributed by atoms with Gasteiger partial charge in [-0.3, -0.25) is 9.59 Å². The third-order valence-electron chi connectivity index (χ3n) is 3.80. The number of nitrogens with zero attached hydrogens (tertiary/aromatic N) is 2. The summed E-state index contributed by atoms with van der Waals surface area (Å²) in [4.78, 5) is 29.5. The zero-order valence-electron chi connectivity index (χ0n) is 12.9. The summed E-state index contributed by atoms with van der Waals surface area (Å²) in [7, 11) is 3.01. The van der Waals surface area contributed by atoms with E-state index in [4.69, 9.17) is 14.6 Å². The molecule has 0 bridgehead atoms. The number of carboxylic acids is 1. The molecule has 7 heteroatoms. The third kappa shape index (κ3) is 3.36. The molecule has 1 fully saturated rings. The predicted octanol–water partition coefficient (Wildman–Crippen LogP) is 1.10. The molecule has 1 amide bonds. The number of carboxylic acid groups (broad SMARTS) is 1. The van der Waals surface area contributed by atoms with E-state index in [-0.39, 0.29) is 30.4 Å². The summed E-state index contributed by atoms with van der Waals surface area (Å²) in [6.45, 7) is 2.17. The largest absolute Gasteiger partial charge is 0.481 e. The van der Waals surface area contributed by atoms with Gasteiger partial charge in [0.25, 0.3) is 5.91 Å². The van der Waals surface area contributed by atoms with Crippen LogP contribution in [0.4, 0.5) is 0 Å². The van der Waals surface area contributed by atoms with Gasteiger partial charge in [-0.1, -0.05) is 0 Å². The average molecular weight is 308 g/mol. The maximum Gasteiger partial charge on any atom is 0.305 e. The fraction of sp³-hybridized carbons (Fsp3) is 0.533. The molecule has 2 atom stereocenters. The number of aromatic nitrogens is 1. The number of aliphatic carboxylic acids is 1. The summed E-state index contributed by atoms with van der Waals surface area (Å²) >= 11 is 0. The van der Waals surface area contributed by atoms with Crippen LogP contribution in [0.3, 0.4) is 0 Å². The highest BCUT2D eigenvalue weighted by atomic mass is 16.5. The molecule has 2 heterocycles. The zero-order valence-corrected chi connectivity index (χ0v) is 12.9. The summed E-state index contributed by atoms with van der Waals surface area (Å²) in [6, 6.07) is 2.99. The lowest BCUT2D eigenvalue weighted by Crippen LogP contribution is -2.37. The van der Waals surface area contributed by atoms with Gasteiger partial charge in [-0.25, -0.2) is 4.98 Å². The van der Waals surface area contributed by atoms with E-state index >= 15 is 0 Å². The molecule has 2 unspecified atom stereocenters. The Hall–Kier alpha value is -2.15. The van der Waals surface area contributed by atoms with Gasteiger partial charge in [0.15, 0.2) is 0 Å². The van der Waals surface area contributed by atoms with Crippen LogP contribution in [0.5, 0.6) is 5.88 Å². The molecule has 7 nitrogen and oxygen atoms in total. The maximum atomic E-state index is 12.7.